The van der Waals surface area contributed by atoms with Crippen molar-refractivity contribution in [2.75, 3.05) is 5.73 Å². The second-order valence-electron chi connectivity index (χ2n) is 4.45. The fourth-order valence-electron chi connectivity index (χ4n) is 1.85. The maximum atomic E-state index is 12.2. The Hall–Kier alpha value is -1.52. The molecule has 2 aromatic carbocycles. The topological polar surface area (TPSA) is 55.1 Å². The number of carbonyl (C=O) groups is 1. The van der Waals surface area contributed by atoms with Gasteiger partial charge in [-0.05, 0) is 52.7 Å². The van der Waals surface area contributed by atoms with Crippen LogP contribution in [0.1, 0.15) is 28.9 Å². The van der Waals surface area contributed by atoms with Crippen LogP contribution in [0, 0.1) is 0 Å². The molecule has 0 unspecified atom stereocenters. The molecule has 0 spiro atoms. The number of halogens is 2. The molecular formula is C15H14BrClN2O. The van der Waals surface area contributed by atoms with Crippen LogP contribution in [0.15, 0.2) is 46.9 Å². The van der Waals surface area contributed by atoms with E-state index >= 15 is 0 Å². The lowest BCUT2D eigenvalue weighted by molar-refractivity contribution is 0.0940. The normalized spacial score (nSPS) is 11.9. The molecule has 2 rings (SSSR count). The fourth-order valence-corrected chi connectivity index (χ4v) is 2.53. The number of rotatable bonds is 3. The van der Waals surface area contributed by atoms with E-state index in [1.165, 1.54) is 0 Å². The zero-order valence-corrected chi connectivity index (χ0v) is 13.2. The molecule has 0 saturated carbocycles. The highest BCUT2D eigenvalue weighted by Crippen LogP contribution is 2.24. The van der Waals surface area contributed by atoms with Crippen molar-refractivity contribution < 1.29 is 4.79 Å². The van der Waals surface area contributed by atoms with Gasteiger partial charge in [0, 0.05) is 20.7 Å². The maximum Gasteiger partial charge on any atom is 0.251 e. The molecule has 104 valence electrons. The Labute approximate surface area is 131 Å². The summed E-state index contributed by atoms with van der Waals surface area (Å²) in [7, 11) is 0. The monoisotopic (exact) mass is 352 g/mol. The van der Waals surface area contributed by atoms with Crippen molar-refractivity contribution in [1.29, 1.82) is 0 Å². The van der Waals surface area contributed by atoms with Gasteiger partial charge in [-0.15, -0.1) is 0 Å². The Morgan fingerprint density at radius 2 is 2.00 bits per heavy atom. The summed E-state index contributed by atoms with van der Waals surface area (Å²) in [5, 5.41) is 3.55. The number of amides is 1. The maximum absolute atomic E-state index is 12.2. The molecule has 0 heterocycles. The predicted molar refractivity (Wildman–Crippen MR) is 85.9 cm³/mol. The molecule has 20 heavy (non-hydrogen) atoms. The van der Waals surface area contributed by atoms with Gasteiger partial charge in [0.25, 0.3) is 5.91 Å². The van der Waals surface area contributed by atoms with Crippen molar-refractivity contribution in [2.24, 2.45) is 0 Å². The van der Waals surface area contributed by atoms with Gasteiger partial charge in [0.05, 0.1) is 6.04 Å². The SMILES string of the molecule is C[C@H](NC(=O)c1ccc(N)c(Br)c1)c1ccccc1Cl. The zero-order valence-electron chi connectivity index (χ0n) is 10.9. The number of nitrogens with one attached hydrogen (secondary N) is 1. The van der Waals surface area contributed by atoms with Crippen LogP contribution in [0.3, 0.4) is 0 Å². The van der Waals surface area contributed by atoms with Gasteiger partial charge in [0.1, 0.15) is 0 Å². The Balaban J connectivity index is 2.15. The standard InChI is InChI=1S/C15H14BrClN2O/c1-9(11-4-2-3-5-13(11)17)19-15(20)10-6-7-14(18)12(16)8-10/h2-9H,18H2,1H3,(H,19,20)/t9-/m0/s1. The molecule has 0 saturated heterocycles. The molecule has 0 aliphatic heterocycles. The number of nitrogens with two attached hydrogens (primary N) is 1. The van der Waals surface area contributed by atoms with Crippen LogP contribution in [-0.4, -0.2) is 5.91 Å². The van der Waals surface area contributed by atoms with Crippen LogP contribution in [0.25, 0.3) is 0 Å². The average molecular weight is 354 g/mol. The third-order valence-corrected chi connectivity index (χ3v) is 4.01. The summed E-state index contributed by atoms with van der Waals surface area (Å²) in [6, 6.07) is 12.4. The van der Waals surface area contributed by atoms with Crippen molar-refractivity contribution >= 4 is 39.1 Å². The molecule has 1 amide bonds. The summed E-state index contributed by atoms with van der Waals surface area (Å²) in [4.78, 5) is 12.2. The van der Waals surface area contributed by atoms with Crippen molar-refractivity contribution in [2.45, 2.75) is 13.0 Å². The summed E-state index contributed by atoms with van der Waals surface area (Å²) in [6.07, 6.45) is 0. The number of nitrogen functional groups attached to an aromatic ring is 1. The number of carbonyl (C=O) groups excluding carboxylic acids is 1. The lowest BCUT2D eigenvalue weighted by Crippen LogP contribution is -2.26. The lowest BCUT2D eigenvalue weighted by Gasteiger charge is -2.16. The molecule has 5 heteroatoms. The van der Waals surface area contributed by atoms with Crippen molar-refractivity contribution in [3.8, 4) is 0 Å². The minimum absolute atomic E-state index is 0.168. The average Bonchev–Trinajstić information content (AvgIpc) is 2.42. The second kappa shape index (κ2) is 6.29. The van der Waals surface area contributed by atoms with Gasteiger partial charge in [0.15, 0.2) is 0 Å². The Morgan fingerprint density at radius 3 is 2.65 bits per heavy atom. The summed E-state index contributed by atoms with van der Waals surface area (Å²) in [5.41, 5.74) is 7.74. The van der Waals surface area contributed by atoms with E-state index in [2.05, 4.69) is 21.2 Å². The van der Waals surface area contributed by atoms with E-state index in [9.17, 15) is 4.79 Å². The largest absolute Gasteiger partial charge is 0.398 e. The highest BCUT2D eigenvalue weighted by molar-refractivity contribution is 9.10. The Kier molecular flexibility index (Phi) is 4.68. The molecular weight excluding hydrogens is 340 g/mol. The zero-order chi connectivity index (χ0) is 14.7. The minimum Gasteiger partial charge on any atom is -0.398 e. The minimum atomic E-state index is -0.174. The van der Waals surface area contributed by atoms with Crippen LogP contribution in [0.2, 0.25) is 5.02 Å². The molecule has 0 fully saturated rings. The van der Waals surface area contributed by atoms with Gasteiger partial charge in [-0.25, -0.2) is 0 Å². The number of anilines is 1. The highest BCUT2D eigenvalue weighted by atomic mass is 79.9. The van der Waals surface area contributed by atoms with Crippen LogP contribution < -0.4 is 11.1 Å². The number of hydrogen-bond acceptors (Lipinski definition) is 2. The van der Waals surface area contributed by atoms with Gasteiger partial charge in [-0.3, -0.25) is 4.79 Å². The quantitative estimate of drug-likeness (QED) is 0.813. The van der Waals surface area contributed by atoms with E-state index in [0.717, 1.165) is 5.56 Å². The number of hydrogen-bond donors (Lipinski definition) is 2. The first-order valence-corrected chi connectivity index (χ1v) is 7.26. The van der Waals surface area contributed by atoms with Crippen molar-refractivity contribution in [1.82, 2.24) is 5.32 Å². The first-order chi connectivity index (χ1) is 9.49. The van der Waals surface area contributed by atoms with Crippen LogP contribution in [0.4, 0.5) is 5.69 Å². The first kappa shape index (κ1) is 14.9. The molecule has 0 aliphatic carbocycles. The molecule has 0 radical (unpaired) electrons. The van der Waals surface area contributed by atoms with Gasteiger partial charge in [0.2, 0.25) is 0 Å². The van der Waals surface area contributed by atoms with Crippen molar-refractivity contribution in [3.63, 3.8) is 0 Å². The molecule has 1 atom stereocenters. The summed E-state index contributed by atoms with van der Waals surface area (Å²) in [5.74, 6) is -0.168. The third-order valence-electron chi connectivity index (χ3n) is 2.98. The van der Waals surface area contributed by atoms with E-state index in [4.69, 9.17) is 17.3 Å². The van der Waals surface area contributed by atoms with Crippen LogP contribution in [0.5, 0.6) is 0 Å². The highest BCUT2D eigenvalue weighted by Gasteiger charge is 2.14. The molecule has 0 aliphatic rings. The van der Waals surface area contributed by atoms with Gasteiger partial charge >= 0.3 is 0 Å². The Morgan fingerprint density at radius 1 is 1.30 bits per heavy atom. The molecule has 0 aromatic heterocycles. The summed E-state index contributed by atoms with van der Waals surface area (Å²) < 4.78 is 0.704. The van der Waals surface area contributed by atoms with Crippen LogP contribution >= 0.6 is 27.5 Å². The molecule has 2 aromatic rings. The summed E-state index contributed by atoms with van der Waals surface area (Å²) >= 11 is 9.43. The van der Waals surface area contributed by atoms with E-state index < -0.39 is 0 Å². The molecule has 3 nitrogen and oxygen atoms in total. The molecule has 0 bridgehead atoms. The van der Waals surface area contributed by atoms with Crippen molar-refractivity contribution in [3.05, 3.63) is 63.1 Å². The first-order valence-electron chi connectivity index (χ1n) is 6.09. The van der Waals surface area contributed by atoms with E-state index in [0.29, 0.717) is 20.7 Å². The van der Waals surface area contributed by atoms with Gasteiger partial charge in [-0.2, -0.15) is 0 Å². The summed E-state index contributed by atoms with van der Waals surface area (Å²) in [6.45, 7) is 1.89. The smallest absolute Gasteiger partial charge is 0.251 e. The molecule has 3 N–H and O–H groups in total. The van der Waals surface area contributed by atoms with E-state index in [1.54, 1.807) is 24.3 Å². The predicted octanol–water partition coefficient (Wildman–Crippen LogP) is 4.18. The Bertz CT molecular complexity index is 646. The number of benzene rings is 2. The van der Waals surface area contributed by atoms with E-state index in [-0.39, 0.29) is 11.9 Å². The second-order valence-corrected chi connectivity index (χ2v) is 5.71. The van der Waals surface area contributed by atoms with Crippen LogP contribution in [-0.2, 0) is 0 Å². The van der Waals surface area contributed by atoms with Gasteiger partial charge < -0.3 is 11.1 Å². The third kappa shape index (κ3) is 3.32. The van der Waals surface area contributed by atoms with E-state index in [1.807, 2.05) is 25.1 Å². The fraction of sp³-hybridized carbons (Fsp3) is 0.133. The van der Waals surface area contributed by atoms with Gasteiger partial charge in [-0.1, -0.05) is 29.8 Å². The lowest BCUT2D eigenvalue weighted by atomic mass is 10.1.